The summed E-state index contributed by atoms with van der Waals surface area (Å²) in [5.41, 5.74) is 5.81. The smallest absolute Gasteiger partial charge is 0.254 e. The number of nitrogens with two attached hydrogens (primary N) is 1. The van der Waals surface area contributed by atoms with Crippen LogP contribution in [0.15, 0.2) is 18.2 Å². The second-order valence-corrected chi connectivity index (χ2v) is 5.37. The van der Waals surface area contributed by atoms with Crippen LogP contribution in [-0.4, -0.2) is 65.2 Å². The van der Waals surface area contributed by atoms with Crippen molar-refractivity contribution in [3.63, 3.8) is 0 Å². The van der Waals surface area contributed by atoms with Crippen LogP contribution in [0.4, 0.5) is 0 Å². The number of phenolic OH excluding ortho intramolecular Hbond substituents is 2. The Hall–Kier alpha value is -1.79. The highest BCUT2D eigenvalue weighted by atomic mass is 16.3. The Kier molecular flexibility index (Phi) is 5.41. The van der Waals surface area contributed by atoms with Crippen LogP contribution in [0.1, 0.15) is 23.2 Å². The van der Waals surface area contributed by atoms with E-state index in [1.807, 2.05) is 0 Å². The second kappa shape index (κ2) is 7.28. The van der Waals surface area contributed by atoms with Gasteiger partial charge in [0.1, 0.15) is 11.5 Å². The van der Waals surface area contributed by atoms with Crippen molar-refractivity contribution in [2.45, 2.75) is 12.8 Å². The molecule has 0 bridgehead atoms. The summed E-state index contributed by atoms with van der Waals surface area (Å²) in [6, 6.07) is 3.98. The molecule has 1 aliphatic rings. The molecule has 6 nitrogen and oxygen atoms in total. The molecule has 0 spiro atoms. The summed E-state index contributed by atoms with van der Waals surface area (Å²) in [6.45, 7) is 4.77. The van der Waals surface area contributed by atoms with Gasteiger partial charge in [0.2, 0.25) is 0 Å². The number of carbonyl (C=O) groups excluding carboxylic acids is 1. The fourth-order valence-electron chi connectivity index (χ4n) is 2.56. The van der Waals surface area contributed by atoms with Crippen molar-refractivity contribution in [2.75, 3.05) is 39.3 Å². The summed E-state index contributed by atoms with van der Waals surface area (Å²) in [4.78, 5) is 16.4. The molecule has 0 unspecified atom stereocenters. The van der Waals surface area contributed by atoms with Crippen LogP contribution in [-0.2, 0) is 0 Å². The first kappa shape index (κ1) is 15.6. The highest BCUT2D eigenvalue weighted by Crippen LogP contribution is 2.21. The van der Waals surface area contributed by atoms with Crippen LogP contribution in [0.5, 0.6) is 11.5 Å². The minimum Gasteiger partial charge on any atom is -0.508 e. The predicted molar refractivity (Wildman–Crippen MR) is 80.4 cm³/mol. The van der Waals surface area contributed by atoms with Crippen LogP contribution in [0.25, 0.3) is 0 Å². The molecule has 6 heteroatoms. The molecule has 116 valence electrons. The first-order chi connectivity index (χ1) is 10.1. The van der Waals surface area contributed by atoms with Gasteiger partial charge in [0.05, 0.1) is 0 Å². The summed E-state index contributed by atoms with van der Waals surface area (Å²) in [7, 11) is 0. The number of piperazine rings is 1. The maximum Gasteiger partial charge on any atom is 0.254 e. The lowest BCUT2D eigenvalue weighted by Crippen LogP contribution is -2.48. The van der Waals surface area contributed by atoms with Gasteiger partial charge in [-0.1, -0.05) is 0 Å². The molecule has 4 N–H and O–H groups in total. The van der Waals surface area contributed by atoms with E-state index < -0.39 is 0 Å². The molecular formula is C15H23N3O3. The van der Waals surface area contributed by atoms with Crippen LogP contribution in [0.3, 0.4) is 0 Å². The van der Waals surface area contributed by atoms with E-state index in [-0.39, 0.29) is 17.4 Å². The quantitative estimate of drug-likeness (QED) is 0.692. The van der Waals surface area contributed by atoms with Crippen molar-refractivity contribution in [3.8, 4) is 11.5 Å². The van der Waals surface area contributed by atoms with E-state index in [0.29, 0.717) is 18.7 Å². The third kappa shape index (κ3) is 4.34. The van der Waals surface area contributed by atoms with Crippen LogP contribution >= 0.6 is 0 Å². The minimum atomic E-state index is -0.150. The van der Waals surface area contributed by atoms with Gasteiger partial charge in [0, 0.05) is 37.8 Å². The third-order valence-electron chi connectivity index (χ3n) is 3.74. The Morgan fingerprint density at radius 1 is 1.05 bits per heavy atom. The lowest BCUT2D eigenvalue weighted by molar-refractivity contribution is 0.0635. The summed E-state index contributed by atoms with van der Waals surface area (Å²) < 4.78 is 0. The molecule has 0 saturated carbocycles. The zero-order valence-electron chi connectivity index (χ0n) is 12.2. The van der Waals surface area contributed by atoms with Gasteiger partial charge in [0.15, 0.2) is 0 Å². The Balaban J connectivity index is 1.88. The highest BCUT2D eigenvalue weighted by molar-refractivity contribution is 5.95. The number of nitrogens with zero attached hydrogens (tertiary/aromatic N) is 2. The standard InChI is InChI=1S/C15H23N3O3/c16-3-1-2-4-17-5-7-18(8-6-17)15(21)12-9-13(19)11-14(20)10-12/h9-11,19-20H,1-8,16H2. The highest BCUT2D eigenvalue weighted by Gasteiger charge is 2.22. The van der Waals surface area contributed by atoms with Crippen LogP contribution in [0, 0.1) is 0 Å². The van der Waals surface area contributed by atoms with Gasteiger partial charge in [-0.2, -0.15) is 0 Å². The Bertz CT molecular complexity index is 465. The van der Waals surface area contributed by atoms with Gasteiger partial charge < -0.3 is 20.8 Å². The van der Waals surface area contributed by atoms with Crippen molar-refractivity contribution in [3.05, 3.63) is 23.8 Å². The van der Waals surface area contributed by atoms with Crippen molar-refractivity contribution in [1.29, 1.82) is 0 Å². The lowest BCUT2D eigenvalue weighted by Gasteiger charge is -2.34. The molecular weight excluding hydrogens is 270 g/mol. The molecule has 1 aromatic rings. The zero-order valence-corrected chi connectivity index (χ0v) is 12.2. The SMILES string of the molecule is NCCCCN1CCN(C(=O)c2cc(O)cc(O)c2)CC1. The molecule has 1 fully saturated rings. The van der Waals surface area contributed by atoms with Gasteiger partial charge in [-0.05, 0) is 38.1 Å². The van der Waals surface area contributed by atoms with E-state index >= 15 is 0 Å². The second-order valence-electron chi connectivity index (χ2n) is 5.37. The largest absolute Gasteiger partial charge is 0.508 e. The summed E-state index contributed by atoms with van der Waals surface area (Å²) >= 11 is 0. The van der Waals surface area contributed by atoms with Crippen molar-refractivity contribution >= 4 is 5.91 Å². The Morgan fingerprint density at radius 2 is 1.67 bits per heavy atom. The van der Waals surface area contributed by atoms with Crippen molar-refractivity contribution in [1.82, 2.24) is 9.80 Å². The number of aromatic hydroxyl groups is 2. The number of hydrogen-bond donors (Lipinski definition) is 3. The molecule has 21 heavy (non-hydrogen) atoms. The maximum absolute atomic E-state index is 12.3. The number of amides is 1. The normalized spacial score (nSPS) is 16.1. The Morgan fingerprint density at radius 3 is 2.24 bits per heavy atom. The third-order valence-corrected chi connectivity index (χ3v) is 3.74. The van der Waals surface area contributed by atoms with E-state index in [1.54, 1.807) is 4.90 Å². The summed E-state index contributed by atoms with van der Waals surface area (Å²) in [5, 5.41) is 18.9. The summed E-state index contributed by atoms with van der Waals surface area (Å²) in [6.07, 6.45) is 2.12. The van der Waals surface area contributed by atoms with E-state index in [1.165, 1.54) is 18.2 Å². The van der Waals surface area contributed by atoms with Crippen molar-refractivity contribution < 1.29 is 15.0 Å². The molecule has 0 radical (unpaired) electrons. The number of hydrogen-bond acceptors (Lipinski definition) is 5. The predicted octanol–water partition coefficient (Wildman–Crippen LogP) is 0.595. The van der Waals surface area contributed by atoms with E-state index in [9.17, 15) is 15.0 Å². The average molecular weight is 293 g/mol. The van der Waals surface area contributed by atoms with Crippen molar-refractivity contribution in [2.24, 2.45) is 5.73 Å². The molecule has 1 aliphatic heterocycles. The van der Waals surface area contributed by atoms with Crippen LogP contribution < -0.4 is 5.73 Å². The van der Waals surface area contributed by atoms with Gasteiger partial charge >= 0.3 is 0 Å². The van der Waals surface area contributed by atoms with Gasteiger partial charge in [-0.3, -0.25) is 9.69 Å². The monoisotopic (exact) mass is 293 g/mol. The average Bonchev–Trinajstić information content (AvgIpc) is 2.46. The topological polar surface area (TPSA) is 90.0 Å². The number of unbranched alkanes of at least 4 members (excludes halogenated alkanes) is 1. The molecule has 1 aromatic carbocycles. The zero-order chi connectivity index (χ0) is 15.2. The molecule has 1 heterocycles. The van der Waals surface area contributed by atoms with Gasteiger partial charge in [-0.25, -0.2) is 0 Å². The Labute approximate surface area is 124 Å². The lowest BCUT2D eigenvalue weighted by atomic mass is 10.1. The molecule has 1 saturated heterocycles. The summed E-state index contributed by atoms with van der Waals surface area (Å²) in [5.74, 6) is -0.347. The fourth-order valence-corrected chi connectivity index (χ4v) is 2.56. The molecule has 0 aliphatic carbocycles. The van der Waals surface area contributed by atoms with E-state index in [0.717, 1.165) is 39.0 Å². The molecule has 1 amide bonds. The molecule has 2 rings (SSSR count). The van der Waals surface area contributed by atoms with Crippen LogP contribution in [0.2, 0.25) is 0 Å². The fraction of sp³-hybridized carbons (Fsp3) is 0.533. The first-order valence-corrected chi connectivity index (χ1v) is 7.35. The number of benzene rings is 1. The maximum atomic E-state index is 12.3. The van der Waals surface area contributed by atoms with Gasteiger partial charge in [0.25, 0.3) is 5.91 Å². The first-order valence-electron chi connectivity index (χ1n) is 7.35. The number of rotatable bonds is 5. The number of phenols is 2. The van der Waals surface area contributed by atoms with E-state index in [2.05, 4.69) is 4.90 Å². The number of carbonyl (C=O) groups is 1. The molecule has 0 aromatic heterocycles. The van der Waals surface area contributed by atoms with Gasteiger partial charge in [-0.15, -0.1) is 0 Å². The van der Waals surface area contributed by atoms with E-state index in [4.69, 9.17) is 5.73 Å². The minimum absolute atomic E-state index is 0.0984. The molecule has 0 atom stereocenters.